The lowest BCUT2D eigenvalue weighted by atomic mass is 10.1. The van der Waals surface area contributed by atoms with Crippen LogP contribution in [0.15, 0.2) is 53.4 Å². The molecule has 2 aromatic heterocycles. The summed E-state index contributed by atoms with van der Waals surface area (Å²) >= 11 is 6.31. The van der Waals surface area contributed by atoms with Gasteiger partial charge in [-0.15, -0.1) is 5.10 Å². The molecule has 0 saturated heterocycles. The van der Waals surface area contributed by atoms with Gasteiger partial charge in [0.1, 0.15) is 0 Å². The highest BCUT2D eigenvalue weighted by Crippen LogP contribution is 2.27. The Balaban J connectivity index is 1.90. The molecule has 0 aliphatic heterocycles. The summed E-state index contributed by atoms with van der Waals surface area (Å²) in [6.45, 7) is 7.51. The van der Waals surface area contributed by atoms with Crippen molar-refractivity contribution in [3.63, 3.8) is 0 Å². The Hall–Kier alpha value is -2.97. The van der Waals surface area contributed by atoms with Gasteiger partial charge in [-0.3, -0.25) is 0 Å². The van der Waals surface area contributed by atoms with E-state index in [1.807, 2.05) is 38.1 Å². The van der Waals surface area contributed by atoms with Crippen LogP contribution in [0.1, 0.15) is 28.1 Å². The summed E-state index contributed by atoms with van der Waals surface area (Å²) in [4.78, 5) is 8.98. The van der Waals surface area contributed by atoms with Crippen molar-refractivity contribution < 1.29 is 8.42 Å². The van der Waals surface area contributed by atoms with E-state index in [0.29, 0.717) is 22.2 Å². The van der Waals surface area contributed by atoms with Crippen molar-refractivity contribution in [2.45, 2.75) is 39.1 Å². The normalized spacial score (nSPS) is 11.8. The van der Waals surface area contributed by atoms with Gasteiger partial charge >= 0.3 is 0 Å². The number of aromatic nitrogens is 4. The van der Waals surface area contributed by atoms with E-state index in [1.54, 1.807) is 38.1 Å². The fourth-order valence-electron chi connectivity index (χ4n) is 3.29. The van der Waals surface area contributed by atoms with Crippen molar-refractivity contribution in [1.29, 1.82) is 0 Å². The van der Waals surface area contributed by atoms with Gasteiger partial charge in [0, 0.05) is 0 Å². The second kappa shape index (κ2) is 7.94. The standard InChI is InChI=1S/C22H22ClN5O2S/c1-14-9-11-19(12-10-14)31(29,30)27(13-18-8-6-5-7-15(18)2)22-25-21-24-16(3)20(23)17(4)28(21)26-22/h5-12H,13H2,1-4H3. The van der Waals surface area contributed by atoms with Gasteiger partial charge in [0.25, 0.3) is 21.7 Å². The molecule has 0 N–H and O–H groups in total. The van der Waals surface area contributed by atoms with E-state index in [1.165, 1.54) is 8.82 Å². The number of hydrogen-bond donors (Lipinski definition) is 0. The molecule has 0 unspecified atom stereocenters. The van der Waals surface area contributed by atoms with Gasteiger partial charge in [0.2, 0.25) is 0 Å². The number of anilines is 1. The minimum atomic E-state index is -3.93. The number of hydrogen-bond acceptors (Lipinski definition) is 5. The Kier molecular flexibility index (Phi) is 5.45. The lowest BCUT2D eigenvalue weighted by Crippen LogP contribution is -2.32. The number of rotatable bonds is 5. The number of nitrogens with zero attached hydrogens (tertiary/aromatic N) is 5. The van der Waals surface area contributed by atoms with E-state index >= 15 is 0 Å². The summed E-state index contributed by atoms with van der Waals surface area (Å²) in [6.07, 6.45) is 0. The molecule has 0 spiro atoms. The van der Waals surface area contributed by atoms with E-state index in [9.17, 15) is 8.42 Å². The van der Waals surface area contributed by atoms with E-state index in [0.717, 1.165) is 16.7 Å². The van der Waals surface area contributed by atoms with Gasteiger partial charge in [-0.1, -0.05) is 53.6 Å². The fraction of sp³-hybridized carbons (Fsp3) is 0.227. The van der Waals surface area contributed by atoms with Crippen LogP contribution in [0.4, 0.5) is 5.95 Å². The van der Waals surface area contributed by atoms with Crippen LogP contribution in [-0.2, 0) is 16.6 Å². The monoisotopic (exact) mass is 455 g/mol. The van der Waals surface area contributed by atoms with Crippen molar-refractivity contribution in [3.8, 4) is 0 Å². The number of sulfonamides is 1. The van der Waals surface area contributed by atoms with Gasteiger partial charge in [-0.2, -0.15) is 9.50 Å². The molecule has 2 heterocycles. The van der Waals surface area contributed by atoms with Gasteiger partial charge in [-0.05, 0) is 51.0 Å². The molecule has 9 heteroatoms. The average Bonchev–Trinajstić information content (AvgIpc) is 3.15. The summed E-state index contributed by atoms with van der Waals surface area (Å²) in [5.74, 6) is 0.337. The molecular formula is C22H22ClN5O2S. The molecule has 0 aliphatic carbocycles. The molecule has 7 nitrogen and oxygen atoms in total. The molecular weight excluding hydrogens is 434 g/mol. The number of benzene rings is 2. The summed E-state index contributed by atoms with van der Waals surface area (Å²) < 4.78 is 30.0. The molecule has 2 aromatic carbocycles. The maximum absolute atomic E-state index is 13.6. The zero-order valence-corrected chi connectivity index (χ0v) is 19.2. The predicted molar refractivity (Wildman–Crippen MR) is 121 cm³/mol. The van der Waals surface area contributed by atoms with E-state index < -0.39 is 10.0 Å². The van der Waals surface area contributed by atoms with Crippen LogP contribution in [0.5, 0.6) is 0 Å². The zero-order valence-electron chi connectivity index (χ0n) is 17.7. The lowest BCUT2D eigenvalue weighted by molar-refractivity contribution is 0.589. The molecule has 160 valence electrons. The first-order valence-corrected chi connectivity index (χ1v) is 11.5. The minimum Gasteiger partial charge on any atom is -0.228 e. The SMILES string of the molecule is Cc1ccc(S(=O)(=O)N(Cc2ccccc2C)c2nc3nc(C)c(Cl)c(C)n3n2)cc1. The highest BCUT2D eigenvalue weighted by molar-refractivity contribution is 7.92. The first-order chi connectivity index (χ1) is 14.7. The van der Waals surface area contributed by atoms with Crippen molar-refractivity contribution in [2.24, 2.45) is 0 Å². The Morgan fingerprint density at radius 2 is 1.65 bits per heavy atom. The van der Waals surface area contributed by atoms with Crippen LogP contribution in [0.2, 0.25) is 5.02 Å². The first-order valence-electron chi connectivity index (χ1n) is 9.72. The van der Waals surface area contributed by atoms with Gasteiger partial charge in [0.15, 0.2) is 0 Å². The summed E-state index contributed by atoms with van der Waals surface area (Å²) in [7, 11) is -3.93. The van der Waals surface area contributed by atoms with E-state index in [2.05, 4.69) is 15.1 Å². The third-order valence-corrected chi connectivity index (χ3v) is 7.49. The Labute approximate surface area is 186 Å². The molecule has 0 atom stereocenters. The summed E-state index contributed by atoms with van der Waals surface area (Å²) in [6, 6.07) is 14.4. The Bertz CT molecular complexity index is 1380. The minimum absolute atomic E-state index is 0.0427. The van der Waals surface area contributed by atoms with Crippen LogP contribution in [0.25, 0.3) is 5.78 Å². The van der Waals surface area contributed by atoms with Crippen LogP contribution in [0, 0.1) is 27.7 Å². The Morgan fingerprint density at radius 1 is 0.968 bits per heavy atom. The number of halogens is 1. The van der Waals surface area contributed by atoms with Crippen LogP contribution in [0.3, 0.4) is 0 Å². The molecule has 31 heavy (non-hydrogen) atoms. The second-order valence-electron chi connectivity index (χ2n) is 7.47. The number of fused-ring (bicyclic) bond motifs is 1. The third-order valence-electron chi connectivity index (χ3n) is 5.21. The van der Waals surface area contributed by atoms with Crippen molar-refractivity contribution in [2.75, 3.05) is 4.31 Å². The van der Waals surface area contributed by atoms with Gasteiger partial charge in [0.05, 0.1) is 27.9 Å². The van der Waals surface area contributed by atoms with Crippen molar-refractivity contribution >= 4 is 33.4 Å². The fourth-order valence-corrected chi connectivity index (χ4v) is 4.75. The van der Waals surface area contributed by atoms with Crippen LogP contribution >= 0.6 is 11.6 Å². The number of aryl methyl sites for hydroxylation is 4. The maximum Gasteiger partial charge on any atom is 0.267 e. The van der Waals surface area contributed by atoms with E-state index in [-0.39, 0.29) is 17.4 Å². The molecule has 0 aliphatic rings. The average molecular weight is 456 g/mol. The highest BCUT2D eigenvalue weighted by atomic mass is 35.5. The molecule has 4 aromatic rings. The smallest absolute Gasteiger partial charge is 0.228 e. The van der Waals surface area contributed by atoms with Crippen LogP contribution < -0.4 is 4.31 Å². The Morgan fingerprint density at radius 3 is 2.32 bits per heavy atom. The summed E-state index contributed by atoms with van der Waals surface area (Å²) in [5, 5.41) is 4.92. The molecule has 0 amide bonds. The summed E-state index contributed by atoms with van der Waals surface area (Å²) in [5.41, 5.74) is 4.06. The molecule has 0 saturated carbocycles. The maximum atomic E-state index is 13.6. The van der Waals surface area contributed by atoms with Crippen molar-refractivity contribution in [3.05, 3.63) is 81.6 Å². The second-order valence-corrected chi connectivity index (χ2v) is 9.71. The molecule has 4 rings (SSSR count). The zero-order chi connectivity index (χ0) is 22.3. The third kappa shape index (κ3) is 3.88. The largest absolute Gasteiger partial charge is 0.267 e. The highest BCUT2D eigenvalue weighted by Gasteiger charge is 2.29. The molecule has 0 bridgehead atoms. The van der Waals surface area contributed by atoms with Gasteiger partial charge in [-0.25, -0.2) is 17.7 Å². The predicted octanol–water partition coefficient (Wildman–Crippen LogP) is 4.41. The lowest BCUT2D eigenvalue weighted by Gasteiger charge is -2.22. The van der Waals surface area contributed by atoms with E-state index in [4.69, 9.17) is 11.6 Å². The van der Waals surface area contributed by atoms with Crippen molar-refractivity contribution in [1.82, 2.24) is 19.6 Å². The molecule has 0 fully saturated rings. The van der Waals surface area contributed by atoms with Crippen LogP contribution in [-0.4, -0.2) is 28.0 Å². The topological polar surface area (TPSA) is 80.5 Å². The quantitative estimate of drug-likeness (QED) is 0.445. The van der Waals surface area contributed by atoms with Gasteiger partial charge < -0.3 is 0 Å². The molecule has 0 radical (unpaired) electrons. The first kappa shape index (κ1) is 21.3.